The van der Waals surface area contributed by atoms with Crippen molar-refractivity contribution in [1.82, 2.24) is 14.7 Å². The van der Waals surface area contributed by atoms with Gasteiger partial charge in [0.15, 0.2) is 5.03 Å². The lowest BCUT2D eigenvalue weighted by Gasteiger charge is -2.12. The largest absolute Gasteiger partial charge is 0.335 e. The second-order valence-electron chi connectivity index (χ2n) is 3.44. The maximum absolute atomic E-state index is 11.7. The SMILES string of the molecule is O=S(=O)(NC1(CCl)CC1)c1cnc[nH]1. The van der Waals surface area contributed by atoms with Gasteiger partial charge in [-0.05, 0) is 12.8 Å². The highest BCUT2D eigenvalue weighted by atomic mass is 35.5. The fourth-order valence-corrected chi connectivity index (χ4v) is 2.92. The maximum atomic E-state index is 11.7. The number of hydrogen-bond acceptors (Lipinski definition) is 3. The summed E-state index contributed by atoms with van der Waals surface area (Å²) in [6.45, 7) is 0. The van der Waals surface area contributed by atoms with E-state index in [1.165, 1.54) is 12.5 Å². The molecule has 78 valence electrons. The van der Waals surface area contributed by atoms with Gasteiger partial charge in [-0.3, -0.25) is 0 Å². The normalized spacial score (nSPS) is 19.5. The van der Waals surface area contributed by atoms with Crippen molar-refractivity contribution in [2.45, 2.75) is 23.4 Å². The number of sulfonamides is 1. The van der Waals surface area contributed by atoms with Crippen molar-refractivity contribution >= 4 is 21.6 Å². The van der Waals surface area contributed by atoms with E-state index >= 15 is 0 Å². The minimum Gasteiger partial charge on any atom is -0.335 e. The summed E-state index contributed by atoms with van der Waals surface area (Å²) in [4.78, 5) is 6.20. The Labute approximate surface area is 86.9 Å². The van der Waals surface area contributed by atoms with Crippen LogP contribution in [0.5, 0.6) is 0 Å². The Kier molecular flexibility index (Phi) is 2.29. The van der Waals surface area contributed by atoms with Gasteiger partial charge in [0.05, 0.1) is 12.5 Å². The van der Waals surface area contributed by atoms with Crippen LogP contribution in [0.25, 0.3) is 0 Å². The van der Waals surface area contributed by atoms with Crippen molar-refractivity contribution < 1.29 is 8.42 Å². The highest BCUT2D eigenvalue weighted by Crippen LogP contribution is 2.37. The maximum Gasteiger partial charge on any atom is 0.258 e. The molecule has 0 aromatic carbocycles. The number of nitrogens with one attached hydrogen (secondary N) is 2. The minimum atomic E-state index is -3.48. The highest BCUT2D eigenvalue weighted by Gasteiger charge is 2.45. The minimum absolute atomic E-state index is 0.0777. The number of rotatable bonds is 4. The fraction of sp³-hybridized carbons (Fsp3) is 0.571. The van der Waals surface area contributed by atoms with Gasteiger partial charge in [-0.25, -0.2) is 18.1 Å². The molecular weight excluding hydrogens is 226 g/mol. The lowest BCUT2D eigenvalue weighted by atomic mass is 10.4. The topological polar surface area (TPSA) is 74.8 Å². The molecule has 2 N–H and O–H groups in total. The van der Waals surface area contributed by atoms with Gasteiger partial charge in [-0.1, -0.05) is 0 Å². The Balaban J connectivity index is 2.19. The number of alkyl halides is 1. The summed E-state index contributed by atoms with van der Waals surface area (Å²) < 4.78 is 25.9. The number of imidazole rings is 1. The molecule has 1 heterocycles. The van der Waals surface area contributed by atoms with Gasteiger partial charge in [-0.2, -0.15) is 0 Å². The molecule has 14 heavy (non-hydrogen) atoms. The second kappa shape index (κ2) is 3.22. The smallest absolute Gasteiger partial charge is 0.258 e. The van der Waals surface area contributed by atoms with E-state index in [2.05, 4.69) is 14.7 Å². The van der Waals surface area contributed by atoms with Crippen LogP contribution < -0.4 is 4.72 Å². The fourth-order valence-electron chi connectivity index (χ4n) is 1.14. The lowest BCUT2D eigenvalue weighted by molar-refractivity contribution is 0.556. The first-order valence-electron chi connectivity index (χ1n) is 4.16. The number of halogens is 1. The van der Waals surface area contributed by atoms with Crippen molar-refractivity contribution in [3.63, 3.8) is 0 Å². The Morgan fingerprint density at radius 1 is 1.64 bits per heavy atom. The second-order valence-corrected chi connectivity index (χ2v) is 5.35. The lowest BCUT2D eigenvalue weighted by Crippen LogP contribution is -2.38. The molecule has 0 unspecified atom stereocenters. The Morgan fingerprint density at radius 2 is 2.36 bits per heavy atom. The van der Waals surface area contributed by atoms with Gasteiger partial charge in [-0.15, -0.1) is 11.6 Å². The quantitative estimate of drug-likeness (QED) is 0.745. The molecule has 1 aromatic heterocycles. The number of aromatic nitrogens is 2. The van der Waals surface area contributed by atoms with Crippen LogP contribution in [0.15, 0.2) is 17.6 Å². The average Bonchev–Trinajstić information content (AvgIpc) is 2.70. The Bertz CT molecular complexity index is 410. The third-order valence-corrected chi connectivity index (χ3v) is 4.24. The molecule has 0 spiro atoms. The number of nitrogens with zero attached hydrogens (tertiary/aromatic N) is 1. The predicted molar refractivity (Wildman–Crippen MR) is 51.6 cm³/mol. The number of H-pyrrole nitrogens is 1. The van der Waals surface area contributed by atoms with Crippen LogP contribution >= 0.6 is 11.6 Å². The van der Waals surface area contributed by atoms with Crippen LogP contribution in [0, 0.1) is 0 Å². The summed E-state index contributed by atoms with van der Waals surface area (Å²) >= 11 is 5.67. The monoisotopic (exact) mass is 235 g/mol. The summed E-state index contributed by atoms with van der Waals surface area (Å²) in [5, 5.41) is 0.0777. The van der Waals surface area contributed by atoms with E-state index in [1.807, 2.05) is 0 Å². The van der Waals surface area contributed by atoms with E-state index in [1.54, 1.807) is 0 Å². The number of hydrogen-bond donors (Lipinski definition) is 2. The zero-order valence-corrected chi connectivity index (χ0v) is 8.90. The van der Waals surface area contributed by atoms with Gasteiger partial charge in [0.1, 0.15) is 0 Å². The first kappa shape index (κ1) is 9.95. The van der Waals surface area contributed by atoms with Crippen molar-refractivity contribution in [3.8, 4) is 0 Å². The summed E-state index contributed by atoms with van der Waals surface area (Å²) in [6, 6.07) is 0. The van der Waals surface area contributed by atoms with E-state index in [-0.39, 0.29) is 5.03 Å². The molecule has 0 saturated heterocycles. The molecule has 0 bridgehead atoms. The van der Waals surface area contributed by atoms with Crippen molar-refractivity contribution in [2.75, 3.05) is 5.88 Å². The molecular formula is C7H10ClN3O2S. The standard InChI is InChI=1S/C7H10ClN3O2S/c8-4-7(1-2-7)11-14(12,13)6-3-9-5-10-6/h3,5,11H,1-2,4H2,(H,9,10). The Morgan fingerprint density at radius 3 is 2.79 bits per heavy atom. The summed E-state index contributed by atoms with van der Waals surface area (Å²) in [6.07, 6.45) is 4.19. The first-order valence-corrected chi connectivity index (χ1v) is 6.18. The van der Waals surface area contributed by atoms with E-state index in [0.29, 0.717) is 5.88 Å². The Hall–Kier alpha value is -0.590. The van der Waals surface area contributed by atoms with Crippen LogP contribution in [0.1, 0.15) is 12.8 Å². The third kappa shape index (κ3) is 1.77. The first-order chi connectivity index (χ1) is 6.58. The van der Waals surface area contributed by atoms with Crippen LogP contribution in [0.3, 0.4) is 0 Å². The molecule has 5 nitrogen and oxygen atoms in total. The summed E-state index contributed by atoms with van der Waals surface area (Å²) in [5.41, 5.74) is -0.425. The molecule has 1 fully saturated rings. The predicted octanol–water partition coefficient (Wildman–Crippen LogP) is 0.459. The van der Waals surface area contributed by atoms with Crippen molar-refractivity contribution in [3.05, 3.63) is 12.5 Å². The van der Waals surface area contributed by atoms with Crippen molar-refractivity contribution in [1.29, 1.82) is 0 Å². The van der Waals surface area contributed by atoms with E-state index in [4.69, 9.17) is 11.6 Å². The van der Waals surface area contributed by atoms with Gasteiger partial charge in [0, 0.05) is 11.4 Å². The molecule has 1 saturated carbocycles. The van der Waals surface area contributed by atoms with Crippen LogP contribution in [0.2, 0.25) is 0 Å². The molecule has 0 atom stereocenters. The van der Waals surface area contributed by atoms with Gasteiger partial charge >= 0.3 is 0 Å². The molecule has 1 aliphatic carbocycles. The van der Waals surface area contributed by atoms with E-state index < -0.39 is 15.6 Å². The molecule has 0 amide bonds. The molecule has 1 aromatic rings. The molecule has 1 aliphatic rings. The van der Waals surface area contributed by atoms with Gasteiger partial charge in [0.25, 0.3) is 10.0 Å². The zero-order valence-electron chi connectivity index (χ0n) is 7.33. The number of aromatic amines is 1. The van der Waals surface area contributed by atoms with E-state index in [0.717, 1.165) is 12.8 Å². The van der Waals surface area contributed by atoms with Gasteiger partial charge in [0.2, 0.25) is 0 Å². The summed E-state index contributed by atoms with van der Waals surface area (Å²) in [7, 11) is -3.48. The van der Waals surface area contributed by atoms with Crippen LogP contribution in [-0.4, -0.2) is 29.8 Å². The van der Waals surface area contributed by atoms with Gasteiger partial charge < -0.3 is 4.98 Å². The zero-order chi connectivity index (χ0) is 10.2. The van der Waals surface area contributed by atoms with Crippen LogP contribution in [-0.2, 0) is 10.0 Å². The summed E-state index contributed by atoms with van der Waals surface area (Å²) in [5.74, 6) is 0.306. The molecule has 0 radical (unpaired) electrons. The van der Waals surface area contributed by atoms with Crippen molar-refractivity contribution in [2.24, 2.45) is 0 Å². The van der Waals surface area contributed by atoms with E-state index in [9.17, 15) is 8.42 Å². The molecule has 7 heteroatoms. The van der Waals surface area contributed by atoms with Crippen LogP contribution in [0.4, 0.5) is 0 Å². The molecule has 0 aliphatic heterocycles. The highest BCUT2D eigenvalue weighted by molar-refractivity contribution is 7.89. The molecule has 2 rings (SSSR count). The third-order valence-electron chi connectivity index (χ3n) is 2.22. The average molecular weight is 236 g/mol.